The van der Waals surface area contributed by atoms with Crippen LogP contribution in [0.4, 0.5) is 14.5 Å². The highest BCUT2D eigenvalue weighted by Gasteiger charge is 2.42. The van der Waals surface area contributed by atoms with Gasteiger partial charge in [0.1, 0.15) is 11.6 Å². The van der Waals surface area contributed by atoms with E-state index in [2.05, 4.69) is 26.2 Å². The highest BCUT2D eigenvalue weighted by molar-refractivity contribution is 9.10. The SMILES string of the molecule is COC(=O)C1([Si])CCN(c2cc(F)c(Br)cc2F)C1. The Bertz CT molecular complexity index is 529. The van der Waals surface area contributed by atoms with Gasteiger partial charge in [-0.25, -0.2) is 8.78 Å². The van der Waals surface area contributed by atoms with E-state index in [1.54, 1.807) is 4.90 Å². The van der Waals surface area contributed by atoms with Crippen molar-refractivity contribution in [2.75, 3.05) is 25.1 Å². The number of halogens is 3. The topological polar surface area (TPSA) is 29.5 Å². The van der Waals surface area contributed by atoms with Gasteiger partial charge in [0, 0.05) is 29.4 Å². The van der Waals surface area contributed by atoms with E-state index in [4.69, 9.17) is 4.74 Å². The summed E-state index contributed by atoms with van der Waals surface area (Å²) < 4.78 is 32.1. The number of carbonyl (C=O) groups excluding carboxylic acids is 1. The van der Waals surface area contributed by atoms with Crippen LogP contribution in [0.2, 0.25) is 5.04 Å². The van der Waals surface area contributed by atoms with Gasteiger partial charge < -0.3 is 9.64 Å². The molecule has 7 heteroatoms. The molecule has 0 aliphatic carbocycles. The van der Waals surface area contributed by atoms with Crippen LogP contribution in [0.3, 0.4) is 0 Å². The van der Waals surface area contributed by atoms with Gasteiger partial charge in [0.05, 0.1) is 22.3 Å². The van der Waals surface area contributed by atoms with Crippen molar-refractivity contribution in [3.8, 4) is 0 Å². The predicted molar refractivity (Wildman–Crippen MR) is 71.4 cm³/mol. The van der Waals surface area contributed by atoms with Crippen molar-refractivity contribution >= 4 is 37.8 Å². The summed E-state index contributed by atoms with van der Waals surface area (Å²) in [5, 5.41) is -0.870. The summed E-state index contributed by atoms with van der Waals surface area (Å²) in [5.41, 5.74) is 0.143. The number of anilines is 1. The maximum atomic E-state index is 13.8. The predicted octanol–water partition coefficient (Wildman–Crippen LogP) is 2.44. The molecule has 3 nitrogen and oxygen atoms in total. The molecule has 0 aromatic heterocycles. The van der Waals surface area contributed by atoms with E-state index in [1.165, 1.54) is 7.11 Å². The average Bonchev–Trinajstić information content (AvgIpc) is 2.76. The molecule has 0 spiro atoms. The van der Waals surface area contributed by atoms with Gasteiger partial charge in [-0.15, -0.1) is 0 Å². The van der Waals surface area contributed by atoms with Gasteiger partial charge in [0.15, 0.2) is 0 Å². The first-order valence-electron chi connectivity index (χ1n) is 5.60. The van der Waals surface area contributed by atoms with Crippen LogP contribution in [0, 0.1) is 11.6 Å². The molecule has 1 fully saturated rings. The Hall–Kier alpha value is -0.953. The van der Waals surface area contributed by atoms with Crippen LogP contribution in [0.5, 0.6) is 0 Å². The molecule has 3 radical (unpaired) electrons. The lowest BCUT2D eigenvalue weighted by Gasteiger charge is -2.23. The molecule has 0 N–H and O–H groups in total. The zero-order valence-corrected chi connectivity index (χ0v) is 12.8. The lowest BCUT2D eigenvalue weighted by atomic mass is 10.1. The van der Waals surface area contributed by atoms with Crippen LogP contribution < -0.4 is 4.90 Å². The zero-order valence-electron chi connectivity index (χ0n) is 10.2. The van der Waals surface area contributed by atoms with E-state index in [-0.39, 0.29) is 16.7 Å². The van der Waals surface area contributed by atoms with Crippen LogP contribution in [-0.4, -0.2) is 36.4 Å². The molecule has 0 amide bonds. The van der Waals surface area contributed by atoms with Crippen molar-refractivity contribution in [1.29, 1.82) is 0 Å². The lowest BCUT2D eigenvalue weighted by Crippen LogP contribution is -2.30. The largest absolute Gasteiger partial charge is 0.469 e. The summed E-state index contributed by atoms with van der Waals surface area (Å²) in [5.74, 6) is -1.49. The smallest absolute Gasteiger partial charge is 0.309 e. The van der Waals surface area contributed by atoms with Crippen LogP contribution in [0.25, 0.3) is 0 Å². The van der Waals surface area contributed by atoms with Crippen LogP contribution in [0.15, 0.2) is 16.6 Å². The molecule has 0 saturated carbocycles. The molecule has 1 atom stereocenters. The van der Waals surface area contributed by atoms with Crippen LogP contribution in [-0.2, 0) is 9.53 Å². The third-order valence-electron chi connectivity index (χ3n) is 3.18. The molecule has 0 bridgehead atoms. The van der Waals surface area contributed by atoms with Gasteiger partial charge in [0.25, 0.3) is 0 Å². The number of nitrogens with zero attached hydrogens (tertiary/aromatic N) is 1. The molecular weight excluding hydrogens is 336 g/mol. The van der Waals surface area contributed by atoms with Crippen molar-refractivity contribution in [1.82, 2.24) is 0 Å². The standard InChI is InChI=1S/C12H11BrF2NO2Si/c1-18-11(17)12(19)2-3-16(6-12)10-5-8(14)7(13)4-9(10)15/h4-5H,2-3,6H2,1H3. The van der Waals surface area contributed by atoms with E-state index >= 15 is 0 Å². The average molecular weight is 347 g/mol. The molecule has 1 aromatic carbocycles. The number of ether oxygens (including phenoxy) is 1. The molecule has 1 saturated heterocycles. The Kier molecular flexibility index (Phi) is 3.96. The molecule has 1 unspecified atom stereocenters. The Labute approximate surface area is 121 Å². The minimum Gasteiger partial charge on any atom is -0.469 e. The van der Waals surface area contributed by atoms with E-state index in [1.807, 2.05) is 0 Å². The second-order valence-corrected chi connectivity index (χ2v) is 6.27. The van der Waals surface area contributed by atoms with E-state index < -0.39 is 22.6 Å². The number of methoxy groups -OCH3 is 1. The Morgan fingerprint density at radius 3 is 2.79 bits per heavy atom. The third kappa shape index (κ3) is 2.67. The van der Waals surface area contributed by atoms with Crippen molar-refractivity contribution in [3.63, 3.8) is 0 Å². The first kappa shape index (κ1) is 14.5. The van der Waals surface area contributed by atoms with Crippen molar-refractivity contribution in [2.45, 2.75) is 11.5 Å². The first-order chi connectivity index (χ1) is 8.87. The lowest BCUT2D eigenvalue weighted by molar-refractivity contribution is -0.143. The van der Waals surface area contributed by atoms with Gasteiger partial charge in [0.2, 0.25) is 0 Å². The maximum absolute atomic E-state index is 13.8. The summed E-state index contributed by atoms with van der Waals surface area (Å²) in [7, 11) is 4.68. The van der Waals surface area contributed by atoms with Gasteiger partial charge in [-0.3, -0.25) is 4.79 Å². The highest BCUT2D eigenvalue weighted by atomic mass is 79.9. The van der Waals surface area contributed by atoms with Gasteiger partial charge >= 0.3 is 5.97 Å². The molecule has 101 valence electrons. The summed E-state index contributed by atoms with van der Waals surface area (Å²) in [6.45, 7) is 0.672. The summed E-state index contributed by atoms with van der Waals surface area (Å²) in [6, 6.07) is 2.20. The Morgan fingerprint density at radius 2 is 2.16 bits per heavy atom. The molecular formula is C12H11BrF2NO2Si. The minimum absolute atomic E-state index is 0.0746. The minimum atomic E-state index is -0.870. The van der Waals surface area contributed by atoms with Gasteiger partial charge in [-0.2, -0.15) is 0 Å². The summed E-state index contributed by atoms with van der Waals surface area (Å²) in [4.78, 5) is 13.3. The van der Waals surface area contributed by atoms with E-state index in [0.29, 0.717) is 13.0 Å². The van der Waals surface area contributed by atoms with Crippen LogP contribution in [0.1, 0.15) is 6.42 Å². The number of hydrogen-bond donors (Lipinski definition) is 0. The molecule has 1 aliphatic rings. The fourth-order valence-corrected chi connectivity index (χ4v) is 2.85. The number of esters is 1. The first-order valence-corrected chi connectivity index (χ1v) is 6.89. The fraction of sp³-hybridized carbons (Fsp3) is 0.417. The normalized spacial score (nSPS) is 22.7. The van der Waals surface area contributed by atoms with E-state index in [0.717, 1.165) is 12.1 Å². The van der Waals surface area contributed by atoms with Crippen molar-refractivity contribution in [2.24, 2.45) is 0 Å². The zero-order chi connectivity index (χ0) is 14.2. The van der Waals surface area contributed by atoms with Crippen LogP contribution >= 0.6 is 15.9 Å². The molecule has 1 aliphatic heterocycles. The van der Waals surface area contributed by atoms with Gasteiger partial charge in [-0.1, -0.05) is 0 Å². The van der Waals surface area contributed by atoms with E-state index in [9.17, 15) is 13.6 Å². The number of hydrogen-bond acceptors (Lipinski definition) is 3. The second kappa shape index (κ2) is 5.20. The second-order valence-electron chi connectivity index (χ2n) is 4.46. The summed E-state index contributed by atoms with van der Waals surface area (Å²) >= 11 is 2.93. The summed E-state index contributed by atoms with van der Waals surface area (Å²) in [6.07, 6.45) is 0.466. The van der Waals surface area contributed by atoms with Crippen molar-refractivity contribution in [3.05, 3.63) is 28.2 Å². The fourth-order valence-electron chi connectivity index (χ4n) is 2.13. The molecule has 2 rings (SSSR count). The number of rotatable bonds is 2. The Balaban J connectivity index is 2.26. The molecule has 1 aromatic rings. The quantitative estimate of drug-likeness (QED) is 0.468. The number of benzene rings is 1. The monoisotopic (exact) mass is 346 g/mol. The van der Waals surface area contributed by atoms with Crippen molar-refractivity contribution < 1.29 is 18.3 Å². The number of carbonyl (C=O) groups is 1. The maximum Gasteiger partial charge on any atom is 0.309 e. The highest BCUT2D eigenvalue weighted by Crippen LogP contribution is 2.39. The third-order valence-corrected chi connectivity index (χ3v) is 4.40. The molecule has 1 heterocycles. The van der Waals surface area contributed by atoms with Gasteiger partial charge in [-0.05, 0) is 28.4 Å². The Morgan fingerprint density at radius 1 is 1.47 bits per heavy atom. The molecule has 19 heavy (non-hydrogen) atoms.